The quantitative estimate of drug-likeness (QED) is 0.608. The van der Waals surface area contributed by atoms with Gasteiger partial charge in [-0.05, 0) is 35.9 Å². The van der Waals surface area contributed by atoms with E-state index in [4.69, 9.17) is 4.74 Å². The van der Waals surface area contributed by atoms with E-state index in [9.17, 15) is 22.8 Å². The number of aromatic nitrogens is 1. The van der Waals surface area contributed by atoms with Gasteiger partial charge in [-0.25, -0.2) is 4.39 Å². The Hall–Kier alpha value is -3.75. The number of nitrogens with one attached hydrogen (secondary N) is 2. The summed E-state index contributed by atoms with van der Waals surface area (Å²) in [7, 11) is 0. The highest BCUT2D eigenvalue weighted by Gasteiger charge is 2.18. The molecule has 0 bridgehead atoms. The van der Waals surface area contributed by atoms with Crippen LogP contribution >= 0.6 is 0 Å². The molecule has 150 valence electrons. The van der Waals surface area contributed by atoms with Gasteiger partial charge in [-0.1, -0.05) is 18.2 Å². The minimum absolute atomic E-state index is 0.00476. The normalized spacial score (nSPS) is 10.6. The second kappa shape index (κ2) is 8.96. The predicted molar refractivity (Wildman–Crippen MR) is 99.4 cm³/mol. The highest BCUT2D eigenvalue weighted by molar-refractivity contribution is 6.06. The van der Waals surface area contributed by atoms with Gasteiger partial charge < -0.3 is 19.8 Å². The number of hydrogen-bond donors (Lipinski definition) is 2. The first-order valence-electron chi connectivity index (χ1n) is 8.37. The number of H-pyrrole nitrogens is 1. The van der Waals surface area contributed by atoms with Crippen molar-refractivity contribution in [3.8, 4) is 17.2 Å². The SMILES string of the molecule is O=C(Nc1cc[nH]c(=O)c1)c1cc(CF)ccc1Oc1ccccc1OC(F)F. The summed E-state index contributed by atoms with van der Waals surface area (Å²) in [4.78, 5) is 26.5. The summed E-state index contributed by atoms with van der Waals surface area (Å²) in [5.41, 5.74) is -0.0375. The third-order valence-corrected chi connectivity index (χ3v) is 3.76. The van der Waals surface area contributed by atoms with Crippen molar-refractivity contribution in [2.75, 3.05) is 5.32 Å². The molecule has 1 amide bonds. The molecule has 6 nitrogen and oxygen atoms in total. The monoisotopic (exact) mass is 404 g/mol. The highest BCUT2D eigenvalue weighted by Crippen LogP contribution is 2.34. The number of carbonyl (C=O) groups excluding carboxylic acids is 1. The number of aromatic amines is 1. The van der Waals surface area contributed by atoms with Gasteiger partial charge in [0.05, 0.1) is 5.56 Å². The summed E-state index contributed by atoms with van der Waals surface area (Å²) in [6.45, 7) is -3.89. The van der Waals surface area contributed by atoms with Crippen LogP contribution in [0.5, 0.6) is 17.2 Å². The maximum Gasteiger partial charge on any atom is 0.387 e. The largest absolute Gasteiger partial charge is 0.453 e. The average molecular weight is 404 g/mol. The van der Waals surface area contributed by atoms with Crippen LogP contribution < -0.4 is 20.3 Å². The third kappa shape index (κ3) is 5.16. The number of rotatable bonds is 7. The number of carbonyl (C=O) groups is 1. The molecule has 0 unspecified atom stereocenters. The molecule has 29 heavy (non-hydrogen) atoms. The lowest BCUT2D eigenvalue weighted by atomic mass is 10.1. The summed E-state index contributed by atoms with van der Waals surface area (Å²) in [5, 5.41) is 2.51. The number of benzene rings is 2. The van der Waals surface area contributed by atoms with E-state index in [-0.39, 0.29) is 34.1 Å². The lowest BCUT2D eigenvalue weighted by molar-refractivity contribution is -0.0510. The Morgan fingerprint density at radius 1 is 1.03 bits per heavy atom. The molecule has 0 aliphatic carbocycles. The Balaban J connectivity index is 1.94. The Bertz CT molecular complexity index is 1070. The Morgan fingerprint density at radius 2 is 1.79 bits per heavy atom. The van der Waals surface area contributed by atoms with Gasteiger partial charge in [-0.2, -0.15) is 8.78 Å². The van der Waals surface area contributed by atoms with Crippen molar-refractivity contribution in [2.45, 2.75) is 13.3 Å². The molecular formula is C20H15F3N2O4. The molecule has 0 saturated carbocycles. The molecule has 0 atom stereocenters. The van der Waals surface area contributed by atoms with Gasteiger partial charge >= 0.3 is 6.61 Å². The number of halogens is 3. The standard InChI is InChI=1S/C20H15F3N2O4/c21-11-12-5-6-15(28-16-3-1-2-4-17(16)29-20(22)23)14(9-12)19(27)25-13-7-8-24-18(26)10-13/h1-10,20H,11H2,(H2,24,25,26,27). The van der Waals surface area contributed by atoms with Crippen molar-refractivity contribution < 1.29 is 27.4 Å². The molecule has 0 fully saturated rings. The molecule has 2 N–H and O–H groups in total. The van der Waals surface area contributed by atoms with Gasteiger partial charge in [-0.15, -0.1) is 0 Å². The van der Waals surface area contributed by atoms with E-state index in [0.717, 1.165) is 0 Å². The van der Waals surface area contributed by atoms with Crippen molar-refractivity contribution in [2.24, 2.45) is 0 Å². The first-order chi connectivity index (χ1) is 14.0. The highest BCUT2D eigenvalue weighted by atomic mass is 19.3. The van der Waals surface area contributed by atoms with Crippen LogP contribution in [-0.4, -0.2) is 17.5 Å². The maximum absolute atomic E-state index is 13.1. The number of ether oxygens (including phenoxy) is 2. The number of pyridine rings is 1. The zero-order valence-electron chi connectivity index (χ0n) is 14.8. The summed E-state index contributed by atoms with van der Waals surface area (Å²) in [5.74, 6) is -0.952. The summed E-state index contributed by atoms with van der Waals surface area (Å²) >= 11 is 0. The van der Waals surface area contributed by atoms with Crippen LogP contribution in [-0.2, 0) is 6.67 Å². The lowest BCUT2D eigenvalue weighted by Crippen LogP contribution is -2.15. The number of para-hydroxylation sites is 2. The van der Waals surface area contributed by atoms with Crippen LogP contribution in [0, 0.1) is 0 Å². The second-order valence-electron chi connectivity index (χ2n) is 5.79. The van der Waals surface area contributed by atoms with Gasteiger partial charge in [0.15, 0.2) is 11.5 Å². The molecule has 0 aliphatic rings. The molecule has 3 aromatic rings. The smallest absolute Gasteiger partial charge is 0.387 e. The fraction of sp³-hybridized carbons (Fsp3) is 0.100. The van der Waals surface area contributed by atoms with Crippen molar-refractivity contribution in [3.63, 3.8) is 0 Å². The topological polar surface area (TPSA) is 80.4 Å². The van der Waals surface area contributed by atoms with Crippen LogP contribution in [0.15, 0.2) is 65.6 Å². The predicted octanol–water partition coefficient (Wildman–Crippen LogP) is 4.49. The summed E-state index contributed by atoms with van der Waals surface area (Å²) in [6, 6.07) is 12.3. The van der Waals surface area contributed by atoms with E-state index in [1.807, 2.05) is 0 Å². The molecule has 0 saturated heterocycles. The van der Waals surface area contributed by atoms with Crippen molar-refractivity contribution in [1.29, 1.82) is 0 Å². The zero-order valence-corrected chi connectivity index (χ0v) is 14.8. The Labute approximate surface area is 162 Å². The molecular weight excluding hydrogens is 389 g/mol. The van der Waals surface area contributed by atoms with E-state index in [0.29, 0.717) is 0 Å². The molecule has 2 aromatic carbocycles. The second-order valence-corrected chi connectivity index (χ2v) is 5.79. The third-order valence-electron chi connectivity index (χ3n) is 3.76. The Kier molecular flexibility index (Phi) is 6.18. The molecule has 1 aromatic heterocycles. The lowest BCUT2D eigenvalue weighted by Gasteiger charge is -2.15. The number of amides is 1. The first-order valence-corrected chi connectivity index (χ1v) is 8.37. The van der Waals surface area contributed by atoms with Gasteiger partial charge in [0, 0.05) is 18.0 Å². The van der Waals surface area contributed by atoms with Crippen LogP contribution in [0.2, 0.25) is 0 Å². The van der Waals surface area contributed by atoms with E-state index in [1.165, 1.54) is 54.7 Å². The average Bonchev–Trinajstić information content (AvgIpc) is 2.69. The summed E-state index contributed by atoms with van der Waals surface area (Å²) in [6.07, 6.45) is 1.35. The van der Waals surface area contributed by atoms with Crippen LogP contribution in [0.3, 0.4) is 0 Å². The van der Waals surface area contributed by atoms with Gasteiger partial charge in [-0.3, -0.25) is 9.59 Å². The minimum atomic E-state index is -3.06. The Morgan fingerprint density at radius 3 is 2.48 bits per heavy atom. The van der Waals surface area contributed by atoms with Gasteiger partial charge in [0.2, 0.25) is 5.56 Å². The van der Waals surface area contributed by atoms with Gasteiger partial charge in [0.25, 0.3) is 5.91 Å². The number of anilines is 1. The van der Waals surface area contributed by atoms with Crippen LogP contribution in [0.25, 0.3) is 0 Å². The van der Waals surface area contributed by atoms with Crippen LogP contribution in [0.4, 0.5) is 18.9 Å². The van der Waals surface area contributed by atoms with Crippen molar-refractivity contribution in [1.82, 2.24) is 4.98 Å². The summed E-state index contributed by atoms with van der Waals surface area (Å²) < 4.78 is 48.3. The van der Waals surface area contributed by atoms with E-state index in [1.54, 1.807) is 6.07 Å². The first kappa shape index (κ1) is 20.0. The minimum Gasteiger partial charge on any atom is -0.453 e. The molecule has 9 heteroatoms. The molecule has 0 radical (unpaired) electrons. The van der Waals surface area contributed by atoms with Gasteiger partial charge in [0.1, 0.15) is 12.4 Å². The number of hydrogen-bond acceptors (Lipinski definition) is 4. The molecule has 0 spiro atoms. The van der Waals surface area contributed by atoms with E-state index in [2.05, 4.69) is 15.0 Å². The van der Waals surface area contributed by atoms with E-state index < -0.39 is 24.8 Å². The fourth-order valence-corrected chi connectivity index (χ4v) is 2.49. The van der Waals surface area contributed by atoms with E-state index >= 15 is 0 Å². The molecule has 0 aliphatic heterocycles. The number of alkyl halides is 3. The molecule has 1 heterocycles. The fourth-order valence-electron chi connectivity index (χ4n) is 2.49. The zero-order chi connectivity index (χ0) is 20.8. The molecule has 3 rings (SSSR count). The van der Waals surface area contributed by atoms with Crippen molar-refractivity contribution in [3.05, 3.63) is 82.3 Å². The van der Waals surface area contributed by atoms with Crippen molar-refractivity contribution >= 4 is 11.6 Å². The maximum atomic E-state index is 13.1. The van der Waals surface area contributed by atoms with Crippen LogP contribution in [0.1, 0.15) is 15.9 Å².